The first-order valence-electron chi connectivity index (χ1n) is 12.3. The second-order valence-corrected chi connectivity index (χ2v) is 8.86. The molecule has 0 aromatic heterocycles. The number of nitrogens with zero attached hydrogens (tertiary/aromatic N) is 3. The molecule has 3 heteroatoms. The molecule has 0 spiro atoms. The fraction of sp³-hybridized carbons (Fsp3) is 0.917. The SMILES string of the molecule is CCCCCCCCCCCCCCN1C=CN(CCN2CCCCC2)C1. The summed E-state index contributed by atoms with van der Waals surface area (Å²) < 4.78 is 0. The minimum absolute atomic E-state index is 1.12. The molecule has 2 aliphatic rings. The molecule has 27 heavy (non-hydrogen) atoms. The highest BCUT2D eigenvalue weighted by Crippen LogP contribution is 2.14. The minimum atomic E-state index is 1.12. The average Bonchev–Trinajstić information content (AvgIpc) is 3.16. The molecule has 0 aromatic rings. The monoisotopic (exact) mass is 377 g/mol. The van der Waals surface area contributed by atoms with Crippen LogP contribution in [0.25, 0.3) is 0 Å². The molecule has 2 heterocycles. The van der Waals surface area contributed by atoms with Gasteiger partial charge in [-0.05, 0) is 32.4 Å². The third kappa shape index (κ3) is 11.0. The molecule has 1 saturated heterocycles. The maximum atomic E-state index is 2.64. The van der Waals surface area contributed by atoms with Gasteiger partial charge in [0.25, 0.3) is 0 Å². The fourth-order valence-corrected chi connectivity index (χ4v) is 4.42. The van der Waals surface area contributed by atoms with Gasteiger partial charge in [0.05, 0.1) is 6.67 Å². The van der Waals surface area contributed by atoms with Crippen molar-refractivity contribution >= 4 is 0 Å². The van der Waals surface area contributed by atoms with Crippen molar-refractivity contribution in [1.82, 2.24) is 14.7 Å². The fourth-order valence-electron chi connectivity index (χ4n) is 4.42. The predicted octanol–water partition coefficient (Wildman–Crippen LogP) is 6.22. The van der Waals surface area contributed by atoms with Crippen LogP contribution in [-0.2, 0) is 0 Å². The van der Waals surface area contributed by atoms with Gasteiger partial charge in [-0.15, -0.1) is 0 Å². The predicted molar refractivity (Wildman–Crippen MR) is 119 cm³/mol. The summed E-state index contributed by atoms with van der Waals surface area (Å²) in [4.78, 5) is 7.65. The lowest BCUT2D eigenvalue weighted by Gasteiger charge is -2.29. The Balaban J connectivity index is 1.33. The molecule has 0 radical (unpaired) electrons. The van der Waals surface area contributed by atoms with Gasteiger partial charge >= 0.3 is 0 Å². The van der Waals surface area contributed by atoms with E-state index in [0.717, 1.165) is 6.67 Å². The summed E-state index contributed by atoms with van der Waals surface area (Å²) in [6.07, 6.45) is 26.1. The van der Waals surface area contributed by atoms with Crippen molar-refractivity contribution in [1.29, 1.82) is 0 Å². The average molecular weight is 378 g/mol. The number of hydrogen-bond acceptors (Lipinski definition) is 3. The van der Waals surface area contributed by atoms with Crippen LogP contribution >= 0.6 is 0 Å². The van der Waals surface area contributed by atoms with Crippen molar-refractivity contribution in [3.8, 4) is 0 Å². The summed E-state index contributed by atoms with van der Waals surface area (Å²) in [6, 6.07) is 0. The Labute approximate surface area is 170 Å². The molecular formula is C24H47N3. The molecule has 2 rings (SSSR count). The van der Waals surface area contributed by atoms with E-state index in [1.165, 1.54) is 129 Å². The second kappa shape index (κ2) is 15.2. The van der Waals surface area contributed by atoms with Crippen LogP contribution in [0.1, 0.15) is 103 Å². The number of unbranched alkanes of at least 4 members (excludes halogenated alkanes) is 11. The van der Waals surface area contributed by atoms with Gasteiger partial charge in [-0.3, -0.25) is 0 Å². The van der Waals surface area contributed by atoms with E-state index in [1.807, 2.05) is 0 Å². The van der Waals surface area contributed by atoms with E-state index in [9.17, 15) is 0 Å². The highest BCUT2D eigenvalue weighted by Gasteiger charge is 2.14. The van der Waals surface area contributed by atoms with E-state index < -0.39 is 0 Å². The molecule has 0 unspecified atom stereocenters. The molecular weight excluding hydrogens is 330 g/mol. The smallest absolute Gasteiger partial charge is 0.0894 e. The van der Waals surface area contributed by atoms with E-state index >= 15 is 0 Å². The van der Waals surface area contributed by atoms with Crippen LogP contribution in [0, 0.1) is 0 Å². The summed E-state index contributed by atoms with van der Waals surface area (Å²) in [5.41, 5.74) is 0. The minimum Gasteiger partial charge on any atom is -0.359 e. The number of rotatable bonds is 16. The van der Waals surface area contributed by atoms with E-state index in [-0.39, 0.29) is 0 Å². The van der Waals surface area contributed by atoms with Crippen molar-refractivity contribution in [2.45, 2.75) is 103 Å². The number of hydrogen-bond donors (Lipinski definition) is 0. The zero-order valence-corrected chi connectivity index (χ0v) is 18.3. The maximum absolute atomic E-state index is 2.64. The van der Waals surface area contributed by atoms with E-state index in [0.29, 0.717) is 0 Å². The van der Waals surface area contributed by atoms with Crippen LogP contribution in [0.15, 0.2) is 12.4 Å². The summed E-state index contributed by atoms with van der Waals surface area (Å²) >= 11 is 0. The normalized spacial score (nSPS) is 18.0. The Hall–Kier alpha value is -0.700. The van der Waals surface area contributed by atoms with E-state index in [4.69, 9.17) is 0 Å². The molecule has 0 saturated carbocycles. The van der Waals surface area contributed by atoms with Crippen LogP contribution < -0.4 is 0 Å². The Morgan fingerprint density at radius 2 is 1.07 bits per heavy atom. The molecule has 0 bridgehead atoms. The molecule has 1 fully saturated rings. The van der Waals surface area contributed by atoms with Crippen LogP contribution in [0.4, 0.5) is 0 Å². The van der Waals surface area contributed by atoms with Crippen molar-refractivity contribution in [3.05, 3.63) is 12.4 Å². The molecule has 0 aromatic carbocycles. The molecule has 3 nitrogen and oxygen atoms in total. The first kappa shape index (κ1) is 22.6. The van der Waals surface area contributed by atoms with Crippen LogP contribution in [0.3, 0.4) is 0 Å². The Morgan fingerprint density at radius 1 is 0.556 bits per heavy atom. The molecule has 2 aliphatic heterocycles. The molecule has 0 aliphatic carbocycles. The van der Waals surface area contributed by atoms with Gasteiger partial charge in [0, 0.05) is 32.0 Å². The van der Waals surface area contributed by atoms with Crippen molar-refractivity contribution < 1.29 is 0 Å². The number of likely N-dealkylation sites (tertiary alicyclic amines) is 1. The third-order valence-electron chi connectivity index (χ3n) is 6.30. The van der Waals surface area contributed by atoms with Gasteiger partial charge in [-0.25, -0.2) is 0 Å². The lowest BCUT2D eigenvalue weighted by atomic mass is 10.1. The Bertz CT molecular complexity index is 363. The second-order valence-electron chi connectivity index (χ2n) is 8.86. The zero-order valence-electron chi connectivity index (χ0n) is 18.3. The van der Waals surface area contributed by atoms with Crippen molar-refractivity contribution in [2.24, 2.45) is 0 Å². The highest BCUT2D eigenvalue weighted by molar-refractivity contribution is 4.90. The first-order valence-corrected chi connectivity index (χ1v) is 12.3. The Morgan fingerprint density at radius 3 is 1.67 bits per heavy atom. The largest absolute Gasteiger partial charge is 0.359 e. The number of piperidine rings is 1. The van der Waals surface area contributed by atoms with Crippen LogP contribution in [0.2, 0.25) is 0 Å². The van der Waals surface area contributed by atoms with Gasteiger partial charge < -0.3 is 14.7 Å². The van der Waals surface area contributed by atoms with Gasteiger partial charge in [0.1, 0.15) is 0 Å². The molecule has 158 valence electrons. The first-order chi connectivity index (χ1) is 13.4. The summed E-state index contributed by atoms with van der Waals surface area (Å²) in [5.74, 6) is 0. The van der Waals surface area contributed by atoms with Crippen LogP contribution in [0.5, 0.6) is 0 Å². The molecule has 0 N–H and O–H groups in total. The quantitative estimate of drug-likeness (QED) is 0.296. The lowest BCUT2D eigenvalue weighted by Crippen LogP contribution is -2.37. The van der Waals surface area contributed by atoms with E-state index in [2.05, 4.69) is 34.0 Å². The molecule has 0 atom stereocenters. The van der Waals surface area contributed by atoms with Gasteiger partial charge in [0.2, 0.25) is 0 Å². The highest BCUT2D eigenvalue weighted by atomic mass is 15.3. The zero-order chi connectivity index (χ0) is 19.0. The summed E-state index contributed by atoms with van der Waals surface area (Å²) in [6.45, 7) is 9.75. The third-order valence-corrected chi connectivity index (χ3v) is 6.30. The summed E-state index contributed by atoms with van der Waals surface area (Å²) in [5, 5.41) is 0. The van der Waals surface area contributed by atoms with Crippen molar-refractivity contribution in [3.63, 3.8) is 0 Å². The maximum Gasteiger partial charge on any atom is 0.0894 e. The van der Waals surface area contributed by atoms with Crippen LogP contribution in [-0.4, -0.2) is 54.1 Å². The molecule has 0 amide bonds. The van der Waals surface area contributed by atoms with Crippen molar-refractivity contribution in [2.75, 3.05) is 39.4 Å². The van der Waals surface area contributed by atoms with Gasteiger partial charge in [-0.1, -0.05) is 84.0 Å². The topological polar surface area (TPSA) is 9.72 Å². The Kier molecular flexibility index (Phi) is 12.8. The van der Waals surface area contributed by atoms with Gasteiger partial charge in [-0.2, -0.15) is 0 Å². The standard InChI is InChI=1S/C24H47N3/c1-2-3-4-5-6-7-8-9-10-11-12-14-19-26-22-23-27(24-26)21-20-25-17-15-13-16-18-25/h22-23H,2-21,24H2,1H3. The van der Waals surface area contributed by atoms with Gasteiger partial charge in [0.15, 0.2) is 0 Å². The van der Waals surface area contributed by atoms with E-state index in [1.54, 1.807) is 0 Å². The summed E-state index contributed by atoms with van der Waals surface area (Å²) in [7, 11) is 0. The lowest BCUT2D eigenvalue weighted by molar-refractivity contribution is 0.188.